The number of primary amides is 1. The number of Topliss-reactive ketones (excluding diaryl/α,β-unsaturated/α-hetero) is 2. The van der Waals surface area contributed by atoms with Gasteiger partial charge in [0.1, 0.15) is 41.0 Å². The molecule has 450 valence electrons. The first-order valence-electron chi connectivity index (χ1n) is 27.7. The highest BCUT2D eigenvalue weighted by atomic mass is 79.9. The third-order valence-corrected chi connectivity index (χ3v) is 16.5. The molecule has 4 bridgehead atoms. The number of carbonyl (C=O) groups excluding carboxylic acids is 8. The first-order valence-corrected chi connectivity index (χ1v) is 29.2. The first kappa shape index (κ1) is 66.7. The number of benzene rings is 2. The summed E-state index contributed by atoms with van der Waals surface area (Å²) >= 11 is 10.0. The van der Waals surface area contributed by atoms with Crippen molar-refractivity contribution in [2.45, 2.75) is 160 Å². The molecule has 5 amide bonds. The number of carbonyl (C=O) groups is 8. The average molecular weight is 1230 g/mol. The van der Waals surface area contributed by atoms with Gasteiger partial charge in [0.2, 0.25) is 11.8 Å². The number of ether oxygens (including phenoxy) is 6. The second-order valence-electron chi connectivity index (χ2n) is 22.2. The molecule has 3 aliphatic rings. The Labute approximate surface area is 494 Å². The van der Waals surface area contributed by atoms with Gasteiger partial charge in [0.15, 0.2) is 5.78 Å². The number of hydrogen-bond donors (Lipinski definition) is 5. The lowest BCUT2D eigenvalue weighted by Crippen LogP contribution is -2.53. The van der Waals surface area contributed by atoms with Crippen molar-refractivity contribution in [3.05, 3.63) is 88.0 Å². The molecular weight excluding hydrogens is 1150 g/mol. The van der Waals surface area contributed by atoms with Gasteiger partial charge in [0, 0.05) is 69.1 Å². The lowest BCUT2D eigenvalue weighted by atomic mass is 9.78. The van der Waals surface area contributed by atoms with Crippen molar-refractivity contribution in [3.63, 3.8) is 0 Å². The van der Waals surface area contributed by atoms with E-state index in [-0.39, 0.29) is 93.4 Å². The average Bonchev–Trinajstić information content (AvgIpc) is 2.01. The number of nitrogens with zero attached hydrogens (tertiary/aromatic N) is 1. The number of esters is 2. The number of nitrogens with two attached hydrogens (primary N) is 1. The first-order chi connectivity index (χ1) is 38.7. The standard InChI is InChI=1S/C60H81BrClN5O15/c1-34(2)42(29-41(68)17-12-11-13-23-79-56(73)37(5)33-61)55(72)65-43(18-15-22-64-57(63)74)46(69)27-39-20-21-44(47(28-39)77-9)66-58(75)81-50-30-51(70)67(8)45-26-40(25-36(4)53(45)62)24-35(3)16-14-19-49(78-10)60(76)31-48(80-52(71)32-60)38(6)54-59(50,7)82-54/h14,16,19-21,25-26,28,34,38,42-43,48-50,54,76H,5,11-13,15,17-18,22-24,27,29-33H2,1-4,6-10H3,(H,65,72)(H,66,75)(H3,63,64,74)/b19-14+,35-16+/t38-,42+,43+,48+,49-,50+,54+,59+,60-/m1/s1. The number of unbranched alkanes of at least 4 members (excludes halogenated alkanes) is 2. The summed E-state index contributed by atoms with van der Waals surface area (Å²) in [4.78, 5) is 108. The van der Waals surface area contributed by atoms with Gasteiger partial charge in [-0.15, -0.1) is 0 Å². The van der Waals surface area contributed by atoms with Gasteiger partial charge in [-0.3, -0.25) is 29.3 Å². The van der Waals surface area contributed by atoms with Gasteiger partial charge in [0.25, 0.3) is 0 Å². The van der Waals surface area contributed by atoms with Crippen LogP contribution in [0.1, 0.15) is 116 Å². The zero-order valence-corrected chi connectivity index (χ0v) is 50.8. The highest BCUT2D eigenvalue weighted by Gasteiger charge is 2.64. The van der Waals surface area contributed by atoms with E-state index in [2.05, 4.69) is 38.5 Å². The van der Waals surface area contributed by atoms with Crippen LogP contribution in [0.3, 0.4) is 0 Å². The SMILES string of the molecule is C=C(CBr)C(=O)OCCCCCC(=O)C[C@H](C(=O)N[C@@H](CCCNC(N)=O)C(=O)Cc1ccc(NC(=O)O[C@H]2CC(=O)N(C)c3cc(cc(C)c3Cl)C/C(C)=C/C=C/[C@@H](OC)[C@]3(O)CC(=O)O[C@@H](C3)[C@@H](C)[C@@H]3O[C@@]23C)c(OC)c1)C(C)C. The Morgan fingerprint density at radius 3 is 2.45 bits per heavy atom. The van der Waals surface area contributed by atoms with Gasteiger partial charge in [-0.25, -0.2) is 14.4 Å². The zero-order valence-electron chi connectivity index (χ0n) is 48.5. The third-order valence-electron chi connectivity index (χ3n) is 15.4. The number of hydrogen-bond acceptors (Lipinski definition) is 15. The van der Waals surface area contributed by atoms with Crippen LogP contribution in [0.2, 0.25) is 5.02 Å². The third kappa shape index (κ3) is 18.4. The number of anilines is 2. The van der Waals surface area contributed by atoms with Crippen molar-refractivity contribution < 1.29 is 71.9 Å². The minimum atomic E-state index is -1.63. The van der Waals surface area contributed by atoms with Crippen LogP contribution in [0.4, 0.5) is 21.0 Å². The smallest absolute Gasteiger partial charge is 0.412 e. The van der Waals surface area contributed by atoms with Gasteiger partial charge >= 0.3 is 24.1 Å². The van der Waals surface area contributed by atoms with Crippen LogP contribution < -0.4 is 31.3 Å². The molecule has 2 saturated heterocycles. The second-order valence-corrected chi connectivity index (χ2v) is 23.1. The van der Waals surface area contributed by atoms with Gasteiger partial charge in [-0.05, 0) is 100 Å². The molecule has 2 fully saturated rings. The molecule has 6 N–H and O–H groups in total. The van der Waals surface area contributed by atoms with Gasteiger partial charge in [-0.2, -0.15) is 0 Å². The van der Waals surface area contributed by atoms with Crippen molar-refractivity contribution >= 4 is 86.3 Å². The summed E-state index contributed by atoms with van der Waals surface area (Å²) in [6.07, 6.45) is 2.68. The summed E-state index contributed by atoms with van der Waals surface area (Å²) in [5.41, 5.74) is 6.27. The van der Waals surface area contributed by atoms with Gasteiger partial charge in [0.05, 0.1) is 55.1 Å². The Bertz CT molecular complexity index is 2750. The monoisotopic (exact) mass is 1230 g/mol. The number of halogens is 2. The Balaban J connectivity index is 1.33. The Morgan fingerprint density at radius 2 is 1.78 bits per heavy atom. The van der Waals surface area contributed by atoms with Gasteiger partial charge < -0.3 is 54.8 Å². The van der Waals surface area contributed by atoms with Crippen LogP contribution in [-0.4, -0.2) is 134 Å². The molecule has 2 aromatic rings. The zero-order chi connectivity index (χ0) is 60.6. The number of nitrogens with one attached hydrogen (secondary N) is 3. The molecule has 3 heterocycles. The highest BCUT2D eigenvalue weighted by molar-refractivity contribution is 9.09. The molecule has 0 spiro atoms. The Morgan fingerprint density at radius 1 is 1.05 bits per heavy atom. The van der Waals surface area contributed by atoms with Crippen LogP contribution in [0.15, 0.2) is 66.3 Å². The minimum Gasteiger partial charge on any atom is -0.495 e. The summed E-state index contributed by atoms with van der Waals surface area (Å²) < 4.78 is 34.9. The van der Waals surface area contributed by atoms with E-state index in [1.165, 1.54) is 25.2 Å². The molecule has 0 radical (unpaired) electrons. The maximum atomic E-state index is 14.4. The molecule has 0 unspecified atom stereocenters. The fourth-order valence-electron chi connectivity index (χ4n) is 10.4. The van der Waals surface area contributed by atoms with E-state index in [4.69, 9.17) is 45.8 Å². The number of fused-ring (bicyclic) bond motifs is 5. The van der Waals surface area contributed by atoms with E-state index < -0.39 is 89.4 Å². The van der Waals surface area contributed by atoms with E-state index in [1.54, 1.807) is 45.2 Å². The number of amides is 5. The number of alkyl halides is 1. The van der Waals surface area contributed by atoms with E-state index in [1.807, 2.05) is 45.9 Å². The number of methoxy groups -OCH3 is 2. The molecular formula is C60H81BrClN5O15. The maximum absolute atomic E-state index is 14.4. The van der Waals surface area contributed by atoms with Crippen molar-refractivity contribution in [2.24, 2.45) is 23.5 Å². The Kier molecular flexibility index (Phi) is 24.7. The van der Waals surface area contributed by atoms with Crippen LogP contribution >= 0.6 is 27.5 Å². The molecule has 22 heteroatoms. The number of epoxide rings is 1. The number of rotatable bonds is 24. The summed E-state index contributed by atoms with van der Waals surface area (Å²) in [7, 11) is 4.41. The Hall–Kier alpha value is -6.13. The maximum Gasteiger partial charge on any atom is 0.412 e. The number of allylic oxidation sites excluding steroid dienone is 3. The molecule has 20 nitrogen and oxygen atoms in total. The molecule has 9 atom stereocenters. The summed E-state index contributed by atoms with van der Waals surface area (Å²) in [5, 5.41) is 20.8. The molecule has 3 aliphatic heterocycles. The van der Waals surface area contributed by atoms with Crippen LogP contribution in [0.5, 0.6) is 5.75 Å². The normalized spacial score (nSPS) is 24.5. The summed E-state index contributed by atoms with van der Waals surface area (Å²) in [5.74, 6) is -3.94. The quantitative estimate of drug-likeness (QED) is 0.0165. The van der Waals surface area contributed by atoms with Crippen molar-refractivity contribution in [1.29, 1.82) is 0 Å². The number of aryl methyl sites for hydroxylation is 1. The fraction of sp³-hybridized carbons (Fsp3) is 0.567. The molecule has 5 rings (SSSR count). The van der Waals surface area contributed by atoms with Crippen molar-refractivity contribution in [1.82, 2.24) is 10.6 Å². The lowest BCUT2D eigenvalue weighted by Gasteiger charge is -2.41. The molecule has 0 aromatic heterocycles. The number of aliphatic hydroxyl groups is 1. The predicted octanol–water partition coefficient (Wildman–Crippen LogP) is 8.26. The van der Waals surface area contributed by atoms with Crippen LogP contribution in [0.25, 0.3) is 0 Å². The number of ketones is 2. The van der Waals surface area contributed by atoms with E-state index in [9.17, 15) is 43.5 Å². The summed E-state index contributed by atoms with van der Waals surface area (Å²) in [6.45, 7) is 14.9. The minimum absolute atomic E-state index is 0.00575. The fourth-order valence-corrected chi connectivity index (χ4v) is 10.9. The van der Waals surface area contributed by atoms with Crippen LogP contribution in [-0.2, 0) is 65.3 Å². The number of urea groups is 1. The molecule has 0 aliphatic carbocycles. The van der Waals surface area contributed by atoms with Crippen molar-refractivity contribution in [3.8, 4) is 5.75 Å². The van der Waals surface area contributed by atoms with Gasteiger partial charge in [-0.1, -0.05) is 90.8 Å². The van der Waals surface area contributed by atoms with E-state index in [0.717, 1.165) is 16.7 Å². The predicted molar refractivity (Wildman–Crippen MR) is 313 cm³/mol. The van der Waals surface area contributed by atoms with Crippen LogP contribution in [0, 0.1) is 24.7 Å². The summed E-state index contributed by atoms with van der Waals surface area (Å²) in [6, 6.07) is 6.66. The molecule has 82 heavy (non-hydrogen) atoms. The molecule has 0 saturated carbocycles. The lowest BCUT2D eigenvalue weighted by molar-refractivity contribution is -0.187. The van der Waals surface area contributed by atoms with Crippen molar-refractivity contribution in [2.75, 3.05) is 50.0 Å². The van der Waals surface area contributed by atoms with E-state index in [0.29, 0.717) is 52.9 Å². The molecule has 2 aromatic carbocycles. The second kappa shape index (κ2) is 30.4. The highest BCUT2D eigenvalue weighted by Crippen LogP contribution is 2.50. The largest absolute Gasteiger partial charge is 0.495 e. The van der Waals surface area contributed by atoms with E-state index >= 15 is 0 Å². The topological polar surface area (TPSA) is 281 Å².